The first kappa shape index (κ1) is 22.3. The van der Waals surface area contributed by atoms with E-state index in [1.165, 1.54) is 0 Å². The Morgan fingerprint density at radius 2 is 1.84 bits per heavy atom. The summed E-state index contributed by atoms with van der Waals surface area (Å²) in [6.45, 7) is 4.22. The van der Waals surface area contributed by atoms with E-state index < -0.39 is 11.7 Å². The summed E-state index contributed by atoms with van der Waals surface area (Å²) in [5.41, 5.74) is -0.706. The quantitative estimate of drug-likeness (QED) is 0.347. The first-order valence-corrected chi connectivity index (χ1v) is 10.1. The molecular weight excluding hydrogens is 316 g/mol. The van der Waals surface area contributed by atoms with Gasteiger partial charge in [-0.2, -0.15) is 0 Å². The molecule has 0 radical (unpaired) electrons. The van der Waals surface area contributed by atoms with Crippen molar-refractivity contribution >= 4 is 5.78 Å². The van der Waals surface area contributed by atoms with Crippen LogP contribution in [0, 0.1) is 11.8 Å². The number of hydrogen-bond acceptors (Lipinski definition) is 4. The van der Waals surface area contributed by atoms with Crippen LogP contribution < -0.4 is 0 Å². The van der Waals surface area contributed by atoms with Crippen LogP contribution in [-0.2, 0) is 4.79 Å². The Labute approximate surface area is 153 Å². The number of hydrogen-bond donors (Lipinski definition) is 3. The third-order valence-corrected chi connectivity index (χ3v) is 5.39. The standard InChI is InChI=1S/C21H38O4/c1-3-4-13-21(2,25)14-10-12-18-17(19(23)16-20(18)24)11-8-6-5-7-9-15-22/h10,12,17-18,20,22,24-25H,3-9,11,13-16H2,1-2H3/t17-,18-,20-,21?/m1/s1. The average molecular weight is 355 g/mol. The lowest BCUT2D eigenvalue weighted by molar-refractivity contribution is -0.121. The highest BCUT2D eigenvalue weighted by Gasteiger charge is 2.39. The second kappa shape index (κ2) is 11.8. The molecule has 4 atom stereocenters. The molecule has 0 aliphatic heterocycles. The van der Waals surface area contributed by atoms with E-state index in [2.05, 4.69) is 6.92 Å². The smallest absolute Gasteiger partial charge is 0.139 e. The second-order valence-corrected chi connectivity index (χ2v) is 7.93. The summed E-state index contributed by atoms with van der Waals surface area (Å²) in [6.07, 6.45) is 12.9. The fourth-order valence-electron chi connectivity index (χ4n) is 3.74. The number of ketones is 1. The zero-order chi connectivity index (χ0) is 18.7. The van der Waals surface area contributed by atoms with E-state index in [-0.39, 0.29) is 30.6 Å². The molecule has 0 aromatic carbocycles. The fraction of sp³-hybridized carbons (Fsp3) is 0.857. The molecule has 1 unspecified atom stereocenters. The van der Waals surface area contributed by atoms with Crippen LogP contribution in [0.15, 0.2) is 12.2 Å². The number of aliphatic hydroxyl groups is 3. The Kier molecular flexibility index (Phi) is 10.6. The van der Waals surface area contributed by atoms with Crippen LogP contribution in [0.25, 0.3) is 0 Å². The van der Waals surface area contributed by atoms with Crippen molar-refractivity contribution in [3.05, 3.63) is 12.2 Å². The van der Waals surface area contributed by atoms with Crippen molar-refractivity contribution in [3.63, 3.8) is 0 Å². The Morgan fingerprint density at radius 1 is 1.16 bits per heavy atom. The van der Waals surface area contributed by atoms with E-state index in [0.29, 0.717) is 6.42 Å². The molecule has 0 amide bonds. The van der Waals surface area contributed by atoms with Crippen molar-refractivity contribution < 1.29 is 20.1 Å². The molecule has 1 rings (SSSR count). The molecule has 3 N–H and O–H groups in total. The maximum Gasteiger partial charge on any atom is 0.139 e. The lowest BCUT2D eigenvalue weighted by Crippen LogP contribution is -2.23. The maximum absolute atomic E-state index is 12.2. The summed E-state index contributed by atoms with van der Waals surface area (Å²) in [5.74, 6) is -0.00755. The zero-order valence-electron chi connectivity index (χ0n) is 16.1. The number of Topliss-reactive ketones (excluding diaryl/α,β-unsaturated/α-hetero) is 1. The number of aliphatic hydroxyl groups excluding tert-OH is 2. The molecule has 1 saturated carbocycles. The number of rotatable bonds is 13. The molecule has 1 aliphatic carbocycles. The molecule has 0 saturated heterocycles. The van der Waals surface area contributed by atoms with Crippen molar-refractivity contribution in [1.29, 1.82) is 0 Å². The Balaban J connectivity index is 2.45. The fourth-order valence-corrected chi connectivity index (χ4v) is 3.74. The van der Waals surface area contributed by atoms with Crippen LogP contribution in [0.3, 0.4) is 0 Å². The molecule has 0 heterocycles. The Bertz CT molecular complexity index is 403. The van der Waals surface area contributed by atoms with Crippen molar-refractivity contribution in [2.45, 2.75) is 96.2 Å². The van der Waals surface area contributed by atoms with Crippen molar-refractivity contribution in [3.8, 4) is 0 Å². The van der Waals surface area contributed by atoms with Gasteiger partial charge in [-0.1, -0.05) is 57.6 Å². The molecule has 0 aromatic heterocycles. The van der Waals surface area contributed by atoms with E-state index >= 15 is 0 Å². The Morgan fingerprint density at radius 3 is 2.52 bits per heavy atom. The lowest BCUT2D eigenvalue weighted by atomic mass is 9.87. The third-order valence-electron chi connectivity index (χ3n) is 5.39. The van der Waals surface area contributed by atoms with Gasteiger partial charge in [0, 0.05) is 24.9 Å². The molecule has 146 valence electrons. The lowest BCUT2D eigenvalue weighted by Gasteiger charge is -2.22. The number of carbonyl (C=O) groups excluding carboxylic acids is 1. The summed E-state index contributed by atoms with van der Waals surface area (Å²) in [5, 5.41) is 29.3. The highest BCUT2D eigenvalue weighted by molar-refractivity contribution is 5.84. The van der Waals surface area contributed by atoms with Crippen LogP contribution >= 0.6 is 0 Å². The van der Waals surface area contributed by atoms with Gasteiger partial charge < -0.3 is 15.3 Å². The SMILES string of the molecule is CCCCC(C)(O)CC=C[C@H]1[C@H](O)CC(=O)[C@@H]1CCCCCCCO. The van der Waals surface area contributed by atoms with Gasteiger partial charge in [-0.25, -0.2) is 0 Å². The molecule has 0 aromatic rings. The topological polar surface area (TPSA) is 77.8 Å². The van der Waals surface area contributed by atoms with Crippen LogP contribution in [0.5, 0.6) is 0 Å². The van der Waals surface area contributed by atoms with Crippen molar-refractivity contribution in [2.24, 2.45) is 11.8 Å². The highest BCUT2D eigenvalue weighted by Crippen LogP contribution is 2.34. The minimum Gasteiger partial charge on any atom is -0.396 e. The van der Waals surface area contributed by atoms with Gasteiger partial charge in [0.15, 0.2) is 0 Å². The van der Waals surface area contributed by atoms with E-state index in [4.69, 9.17) is 5.11 Å². The predicted molar refractivity (Wildman–Crippen MR) is 101 cm³/mol. The van der Waals surface area contributed by atoms with Crippen molar-refractivity contribution in [1.82, 2.24) is 0 Å². The normalized spacial score (nSPS) is 26.4. The summed E-state index contributed by atoms with van der Waals surface area (Å²) in [7, 11) is 0. The molecule has 1 fully saturated rings. The van der Waals surface area contributed by atoms with E-state index in [0.717, 1.165) is 57.8 Å². The first-order chi connectivity index (χ1) is 11.9. The number of unbranched alkanes of at least 4 members (excludes halogenated alkanes) is 5. The van der Waals surface area contributed by atoms with E-state index in [1.807, 2.05) is 19.1 Å². The van der Waals surface area contributed by atoms with Crippen LogP contribution in [0.4, 0.5) is 0 Å². The van der Waals surface area contributed by atoms with Gasteiger partial charge in [-0.15, -0.1) is 0 Å². The molecule has 0 bridgehead atoms. The molecule has 0 spiro atoms. The van der Waals surface area contributed by atoms with Gasteiger partial charge in [0.2, 0.25) is 0 Å². The summed E-state index contributed by atoms with van der Waals surface area (Å²) in [6, 6.07) is 0. The van der Waals surface area contributed by atoms with E-state index in [9.17, 15) is 15.0 Å². The average Bonchev–Trinajstić information content (AvgIpc) is 2.82. The maximum atomic E-state index is 12.2. The monoisotopic (exact) mass is 354 g/mol. The molecule has 1 aliphatic rings. The molecular formula is C21H38O4. The summed E-state index contributed by atoms with van der Waals surface area (Å²) < 4.78 is 0. The van der Waals surface area contributed by atoms with Gasteiger partial charge in [0.05, 0.1) is 11.7 Å². The minimum absolute atomic E-state index is 0.0790. The van der Waals surface area contributed by atoms with Gasteiger partial charge in [-0.3, -0.25) is 4.79 Å². The van der Waals surface area contributed by atoms with Crippen LogP contribution in [-0.4, -0.2) is 39.4 Å². The van der Waals surface area contributed by atoms with Gasteiger partial charge in [-0.05, 0) is 32.6 Å². The summed E-state index contributed by atoms with van der Waals surface area (Å²) in [4.78, 5) is 12.2. The third kappa shape index (κ3) is 8.48. The largest absolute Gasteiger partial charge is 0.396 e. The minimum atomic E-state index is -0.706. The van der Waals surface area contributed by atoms with Crippen molar-refractivity contribution in [2.75, 3.05) is 6.61 Å². The van der Waals surface area contributed by atoms with E-state index in [1.54, 1.807) is 0 Å². The Hall–Kier alpha value is -0.710. The molecule has 4 heteroatoms. The molecule has 25 heavy (non-hydrogen) atoms. The van der Waals surface area contributed by atoms with Gasteiger partial charge in [0.25, 0.3) is 0 Å². The predicted octanol–water partition coefficient (Wildman–Crippen LogP) is 3.77. The summed E-state index contributed by atoms with van der Waals surface area (Å²) >= 11 is 0. The zero-order valence-corrected chi connectivity index (χ0v) is 16.1. The first-order valence-electron chi connectivity index (χ1n) is 10.1. The second-order valence-electron chi connectivity index (χ2n) is 7.93. The van der Waals surface area contributed by atoms with Crippen LogP contribution in [0.2, 0.25) is 0 Å². The number of carbonyl (C=O) groups is 1. The van der Waals surface area contributed by atoms with Gasteiger partial charge in [0.1, 0.15) is 5.78 Å². The highest BCUT2D eigenvalue weighted by atomic mass is 16.3. The van der Waals surface area contributed by atoms with Gasteiger partial charge >= 0.3 is 0 Å². The molecule has 4 nitrogen and oxygen atoms in total. The van der Waals surface area contributed by atoms with Crippen LogP contribution in [0.1, 0.15) is 84.5 Å².